The van der Waals surface area contributed by atoms with Crippen LogP contribution >= 0.6 is 22.6 Å². The lowest BCUT2D eigenvalue weighted by Gasteiger charge is -2.10. The Kier molecular flexibility index (Phi) is 3.54. The number of anilines is 1. The Morgan fingerprint density at radius 3 is 3.21 bits per heavy atom. The number of methoxy groups -OCH3 is 1. The molecule has 7 nitrogen and oxygen atoms in total. The van der Waals surface area contributed by atoms with Crippen molar-refractivity contribution in [1.29, 1.82) is 0 Å². The van der Waals surface area contributed by atoms with Crippen molar-refractivity contribution < 1.29 is 4.74 Å². The molecule has 8 heteroatoms. The van der Waals surface area contributed by atoms with E-state index in [0.29, 0.717) is 18.5 Å². The van der Waals surface area contributed by atoms with E-state index in [1.807, 2.05) is 4.68 Å². The molecule has 1 unspecified atom stereocenters. The lowest BCUT2D eigenvalue weighted by atomic mass is 10.2. The summed E-state index contributed by atoms with van der Waals surface area (Å²) in [6.45, 7) is 1.58. The summed E-state index contributed by atoms with van der Waals surface area (Å²) in [5.41, 5.74) is 6.71. The monoisotopic (exact) mass is 374 g/mol. The lowest BCUT2D eigenvalue weighted by Crippen LogP contribution is -2.25. The standard InChI is InChI=1S/C11H15IN6O/c1-19-4-6-2-7(3-14-6)18-11-8(9(12)17-18)10(13)15-5-16-11/h5-7,14H,2-4H2,1H3,(H2,13,15,16)/t6-,7?/m1/s1. The zero-order valence-electron chi connectivity index (χ0n) is 10.5. The van der Waals surface area contributed by atoms with E-state index in [0.717, 1.165) is 27.7 Å². The molecule has 0 saturated carbocycles. The molecule has 0 aliphatic carbocycles. The molecule has 2 aromatic heterocycles. The van der Waals surface area contributed by atoms with Crippen LogP contribution in [-0.2, 0) is 4.74 Å². The Morgan fingerprint density at radius 2 is 2.42 bits per heavy atom. The Labute approximate surface area is 124 Å². The third kappa shape index (κ3) is 2.28. The predicted molar refractivity (Wildman–Crippen MR) is 79.8 cm³/mol. The fourth-order valence-corrected chi connectivity index (χ4v) is 3.27. The first-order valence-electron chi connectivity index (χ1n) is 6.07. The number of nitrogens with zero attached hydrogens (tertiary/aromatic N) is 4. The molecule has 0 spiro atoms. The largest absolute Gasteiger partial charge is 0.383 e. The molecule has 0 bridgehead atoms. The van der Waals surface area contributed by atoms with Crippen LogP contribution in [0, 0.1) is 3.70 Å². The molecule has 1 aliphatic heterocycles. The van der Waals surface area contributed by atoms with E-state index in [1.54, 1.807) is 7.11 Å². The summed E-state index contributed by atoms with van der Waals surface area (Å²) in [5.74, 6) is 0.486. The molecule has 2 atom stereocenters. The summed E-state index contributed by atoms with van der Waals surface area (Å²) < 4.78 is 7.99. The maximum Gasteiger partial charge on any atom is 0.164 e. The highest BCUT2D eigenvalue weighted by molar-refractivity contribution is 14.1. The van der Waals surface area contributed by atoms with Gasteiger partial charge < -0.3 is 15.8 Å². The van der Waals surface area contributed by atoms with Crippen LogP contribution < -0.4 is 11.1 Å². The molecule has 0 amide bonds. The van der Waals surface area contributed by atoms with Gasteiger partial charge in [-0.2, -0.15) is 5.10 Å². The van der Waals surface area contributed by atoms with Gasteiger partial charge in [-0.05, 0) is 29.0 Å². The van der Waals surface area contributed by atoms with Crippen LogP contribution in [0.25, 0.3) is 11.0 Å². The van der Waals surface area contributed by atoms with Crippen LogP contribution in [0.2, 0.25) is 0 Å². The van der Waals surface area contributed by atoms with Crippen LogP contribution in [0.3, 0.4) is 0 Å². The fraction of sp³-hybridized carbons (Fsp3) is 0.545. The van der Waals surface area contributed by atoms with Crippen LogP contribution in [0.5, 0.6) is 0 Å². The van der Waals surface area contributed by atoms with Gasteiger partial charge in [-0.25, -0.2) is 14.6 Å². The molecular weight excluding hydrogens is 359 g/mol. The average molecular weight is 374 g/mol. The number of hydrogen-bond donors (Lipinski definition) is 2. The van der Waals surface area contributed by atoms with Crippen molar-refractivity contribution in [2.75, 3.05) is 26.0 Å². The first kappa shape index (κ1) is 13.0. The number of fused-ring (bicyclic) bond motifs is 1. The number of nitrogens with two attached hydrogens (primary N) is 1. The molecular formula is C11H15IN6O. The third-order valence-corrected chi connectivity index (χ3v) is 4.14. The van der Waals surface area contributed by atoms with Crippen LogP contribution in [-0.4, -0.2) is 46.1 Å². The molecule has 3 N–H and O–H groups in total. The van der Waals surface area contributed by atoms with Gasteiger partial charge in [-0.1, -0.05) is 0 Å². The predicted octanol–water partition coefficient (Wildman–Crippen LogP) is 0.563. The molecule has 3 heterocycles. The van der Waals surface area contributed by atoms with E-state index in [9.17, 15) is 0 Å². The first-order chi connectivity index (χ1) is 9.20. The SMILES string of the molecule is COC[C@H]1CC(n2nc(I)c3c(N)ncnc32)CN1. The van der Waals surface area contributed by atoms with E-state index < -0.39 is 0 Å². The van der Waals surface area contributed by atoms with Gasteiger partial charge in [-0.3, -0.25) is 0 Å². The topological polar surface area (TPSA) is 90.9 Å². The van der Waals surface area contributed by atoms with E-state index >= 15 is 0 Å². The Hall–Kier alpha value is -1.00. The van der Waals surface area contributed by atoms with Gasteiger partial charge in [0.15, 0.2) is 5.65 Å². The summed E-state index contributed by atoms with van der Waals surface area (Å²) in [6, 6.07) is 0.645. The number of hydrogen-bond acceptors (Lipinski definition) is 6. The number of aromatic nitrogens is 4. The minimum atomic E-state index is 0.278. The minimum Gasteiger partial charge on any atom is -0.383 e. The molecule has 3 rings (SSSR count). The van der Waals surface area contributed by atoms with Crippen molar-refractivity contribution >= 4 is 39.4 Å². The van der Waals surface area contributed by atoms with E-state index in [1.165, 1.54) is 6.33 Å². The summed E-state index contributed by atoms with van der Waals surface area (Å²) >= 11 is 2.18. The molecule has 0 radical (unpaired) electrons. The highest BCUT2D eigenvalue weighted by atomic mass is 127. The van der Waals surface area contributed by atoms with Gasteiger partial charge in [-0.15, -0.1) is 0 Å². The number of rotatable bonds is 3. The highest BCUT2D eigenvalue weighted by Gasteiger charge is 2.28. The fourth-order valence-electron chi connectivity index (χ4n) is 2.52. The molecule has 1 aliphatic rings. The smallest absolute Gasteiger partial charge is 0.164 e. The van der Waals surface area contributed by atoms with Crippen molar-refractivity contribution in [3.63, 3.8) is 0 Å². The third-order valence-electron chi connectivity index (χ3n) is 3.39. The minimum absolute atomic E-state index is 0.278. The first-order valence-corrected chi connectivity index (χ1v) is 7.15. The number of ether oxygens (including phenoxy) is 1. The Morgan fingerprint density at radius 1 is 1.58 bits per heavy atom. The van der Waals surface area contributed by atoms with Crippen LogP contribution in [0.15, 0.2) is 6.33 Å². The summed E-state index contributed by atoms with van der Waals surface area (Å²) in [7, 11) is 1.72. The highest BCUT2D eigenvalue weighted by Crippen LogP contribution is 2.28. The van der Waals surface area contributed by atoms with Crippen molar-refractivity contribution in [1.82, 2.24) is 25.1 Å². The van der Waals surface area contributed by atoms with Gasteiger partial charge in [0.25, 0.3) is 0 Å². The van der Waals surface area contributed by atoms with Gasteiger partial charge in [0.05, 0.1) is 18.0 Å². The molecule has 1 saturated heterocycles. The van der Waals surface area contributed by atoms with E-state index in [2.05, 4.69) is 43.0 Å². The van der Waals surface area contributed by atoms with Crippen LogP contribution in [0.1, 0.15) is 12.5 Å². The second-order valence-corrected chi connectivity index (χ2v) is 5.66. The molecule has 19 heavy (non-hydrogen) atoms. The number of nitrogens with one attached hydrogen (secondary N) is 1. The van der Waals surface area contributed by atoms with Crippen molar-refractivity contribution in [2.45, 2.75) is 18.5 Å². The van der Waals surface area contributed by atoms with Gasteiger partial charge in [0.2, 0.25) is 0 Å². The molecule has 2 aromatic rings. The molecule has 0 aromatic carbocycles. The van der Waals surface area contributed by atoms with Crippen LogP contribution in [0.4, 0.5) is 5.82 Å². The summed E-state index contributed by atoms with van der Waals surface area (Å²) in [6.07, 6.45) is 2.46. The van der Waals surface area contributed by atoms with Crippen molar-refractivity contribution in [3.05, 3.63) is 10.0 Å². The zero-order valence-corrected chi connectivity index (χ0v) is 12.7. The Bertz CT molecular complexity index is 600. The van der Waals surface area contributed by atoms with Gasteiger partial charge >= 0.3 is 0 Å². The second-order valence-electron chi connectivity index (χ2n) is 4.64. The van der Waals surface area contributed by atoms with Crippen molar-refractivity contribution in [3.8, 4) is 0 Å². The van der Waals surface area contributed by atoms with Gasteiger partial charge in [0.1, 0.15) is 15.8 Å². The molecule has 1 fully saturated rings. The van der Waals surface area contributed by atoms with Gasteiger partial charge in [0, 0.05) is 19.7 Å². The normalized spacial score (nSPS) is 23.3. The zero-order chi connectivity index (χ0) is 13.4. The van der Waals surface area contributed by atoms with Crippen molar-refractivity contribution in [2.24, 2.45) is 0 Å². The maximum absolute atomic E-state index is 5.90. The van der Waals surface area contributed by atoms with E-state index in [4.69, 9.17) is 10.5 Å². The molecule has 102 valence electrons. The lowest BCUT2D eigenvalue weighted by molar-refractivity contribution is 0.172. The number of nitrogen functional groups attached to an aromatic ring is 1. The average Bonchev–Trinajstić information content (AvgIpc) is 2.96. The quantitative estimate of drug-likeness (QED) is 0.764. The number of halogens is 1. The maximum atomic E-state index is 5.90. The summed E-state index contributed by atoms with van der Waals surface area (Å²) in [4.78, 5) is 8.35. The second kappa shape index (κ2) is 5.17. The summed E-state index contributed by atoms with van der Waals surface area (Å²) in [5, 5.41) is 8.84. The Balaban J connectivity index is 1.96. The van der Waals surface area contributed by atoms with E-state index in [-0.39, 0.29) is 6.04 Å².